The standard InChI is InChI=1S/C11H16N4/c1-9-2-3-10(14-13-9)15-7-6-12-11(8-15)4-5-11/h2-3,12H,4-8H2,1H3. The third kappa shape index (κ3) is 1.69. The quantitative estimate of drug-likeness (QED) is 0.732. The summed E-state index contributed by atoms with van der Waals surface area (Å²) in [5.74, 6) is 1.02. The molecule has 0 radical (unpaired) electrons. The van der Waals surface area contributed by atoms with Gasteiger partial charge >= 0.3 is 0 Å². The van der Waals surface area contributed by atoms with Crippen molar-refractivity contribution in [1.29, 1.82) is 0 Å². The fourth-order valence-electron chi connectivity index (χ4n) is 2.20. The minimum atomic E-state index is 0.408. The van der Waals surface area contributed by atoms with Crippen LogP contribution in [0.2, 0.25) is 0 Å². The fraction of sp³-hybridized carbons (Fsp3) is 0.636. The fourth-order valence-corrected chi connectivity index (χ4v) is 2.20. The molecule has 1 aliphatic carbocycles. The summed E-state index contributed by atoms with van der Waals surface area (Å²) in [5, 5.41) is 11.9. The molecule has 80 valence electrons. The number of piperazine rings is 1. The highest BCUT2D eigenvalue weighted by Gasteiger charge is 2.45. The van der Waals surface area contributed by atoms with Gasteiger partial charge in [0.1, 0.15) is 0 Å². The van der Waals surface area contributed by atoms with Crippen LogP contribution in [0.4, 0.5) is 5.82 Å². The lowest BCUT2D eigenvalue weighted by atomic mass is 10.2. The van der Waals surface area contributed by atoms with Crippen LogP contribution in [0.3, 0.4) is 0 Å². The lowest BCUT2D eigenvalue weighted by Gasteiger charge is -2.34. The van der Waals surface area contributed by atoms with Crippen molar-refractivity contribution in [2.24, 2.45) is 0 Å². The van der Waals surface area contributed by atoms with Crippen molar-refractivity contribution in [2.75, 3.05) is 24.5 Å². The smallest absolute Gasteiger partial charge is 0.151 e. The Hall–Kier alpha value is -1.16. The summed E-state index contributed by atoms with van der Waals surface area (Å²) in [6.45, 7) is 5.16. The molecule has 1 saturated carbocycles. The third-order valence-corrected chi connectivity index (χ3v) is 3.34. The van der Waals surface area contributed by atoms with E-state index in [0.29, 0.717) is 5.54 Å². The second-order valence-electron chi connectivity index (χ2n) is 4.66. The first-order chi connectivity index (χ1) is 7.27. The van der Waals surface area contributed by atoms with Crippen molar-refractivity contribution in [2.45, 2.75) is 25.3 Å². The predicted molar refractivity (Wildman–Crippen MR) is 58.9 cm³/mol. The highest BCUT2D eigenvalue weighted by Crippen LogP contribution is 2.38. The number of hydrogen-bond donors (Lipinski definition) is 1. The van der Waals surface area contributed by atoms with Gasteiger partial charge in [-0.25, -0.2) is 0 Å². The lowest BCUT2D eigenvalue weighted by Crippen LogP contribution is -2.52. The summed E-state index contributed by atoms with van der Waals surface area (Å²) in [4.78, 5) is 2.34. The monoisotopic (exact) mass is 204 g/mol. The minimum absolute atomic E-state index is 0.408. The van der Waals surface area contributed by atoms with Gasteiger partial charge in [0.2, 0.25) is 0 Å². The Morgan fingerprint density at radius 1 is 1.33 bits per heavy atom. The summed E-state index contributed by atoms with van der Waals surface area (Å²) in [7, 11) is 0. The highest BCUT2D eigenvalue weighted by molar-refractivity contribution is 5.40. The molecule has 0 aromatic carbocycles. The first-order valence-electron chi connectivity index (χ1n) is 5.58. The summed E-state index contributed by atoms with van der Waals surface area (Å²) in [6, 6.07) is 4.10. The predicted octanol–water partition coefficient (Wildman–Crippen LogP) is 0.727. The van der Waals surface area contributed by atoms with Crippen LogP contribution >= 0.6 is 0 Å². The van der Waals surface area contributed by atoms with Crippen molar-refractivity contribution in [1.82, 2.24) is 15.5 Å². The second kappa shape index (κ2) is 3.17. The second-order valence-corrected chi connectivity index (χ2v) is 4.66. The summed E-state index contributed by atoms with van der Waals surface area (Å²) >= 11 is 0. The van der Waals surface area contributed by atoms with Crippen molar-refractivity contribution in [3.05, 3.63) is 17.8 Å². The van der Waals surface area contributed by atoms with Crippen molar-refractivity contribution < 1.29 is 0 Å². The number of rotatable bonds is 1. The maximum Gasteiger partial charge on any atom is 0.151 e. The Balaban J connectivity index is 1.78. The van der Waals surface area contributed by atoms with E-state index in [0.717, 1.165) is 31.1 Å². The summed E-state index contributed by atoms with van der Waals surface area (Å²) < 4.78 is 0. The topological polar surface area (TPSA) is 41.0 Å². The lowest BCUT2D eigenvalue weighted by molar-refractivity contribution is 0.439. The van der Waals surface area contributed by atoms with Crippen LogP contribution in [0.1, 0.15) is 18.5 Å². The van der Waals surface area contributed by atoms with E-state index in [2.05, 4.69) is 26.5 Å². The van der Waals surface area contributed by atoms with Gasteiger partial charge in [-0.15, -0.1) is 5.10 Å². The SMILES string of the molecule is Cc1ccc(N2CCNC3(CC3)C2)nn1. The molecular formula is C11H16N4. The molecule has 2 fully saturated rings. The molecule has 0 atom stereocenters. The molecule has 1 N–H and O–H groups in total. The van der Waals surface area contributed by atoms with Crippen LogP contribution in [-0.2, 0) is 0 Å². The first-order valence-corrected chi connectivity index (χ1v) is 5.58. The van der Waals surface area contributed by atoms with Crippen LogP contribution in [0.5, 0.6) is 0 Å². The number of anilines is 1. The molecule has 0 amide bonds. The van der Waals surface area contributed by atoms with Gasteiger partial charge in [-0.05, 0) is 31.9 Å². The Morgan fingerprint density at radius 3 is 2.87 bits per heavy atom. The highest BCUT2D eigenvalue weighted by atomic mass is 15.3. The van der Waals surface area contributed by atoms with Gasteiger partial charge in [-0.2, -0.15) is 5.10 Å². The average molecular weight is 204 g/mol. The minimum Gasteiger partial charge on any atom is -0.352 e. The summed E-state index contributed by atoms with van der Waals surface area (Å²) in [5.41, 5.74) is 1.39. The average Bonchev–Trinajstić information content (AvgIpc) is 2.99. The van der Waals surface area contributed by atoms with E-state index in [1.807, 2.05) is 13.0 Å². The van der Waals surface area contributed by atoms with Crippen molar-refractivity contribution >= 4 is 5.82 Å². The van der Waals surface area contributed by atoms with Crippen LogP contribution < -0.4 is 10.2 Å². The maximum atomic E-state index is 4.24. The largest absolute Gasteiger partial charge is 0.352 e. The molecule has 2 heterocycles. The van der Waals surface area contributed by atoms with Crippen LogP contribution in [0.15, 0.2) is 12.1 Å². The Morgan fingerprint density at radius 2 is 2.20 bits per heavy atom. The molecule has 0 unspecified atom stereocenters. The number of aromatic nitrogens is 2. The Labute approximate surface area is 89.7 Å². The maximum absolute atomic E-state index is 4.24. The molecule has 1 aromatic rings. The zero-order valence-electron chi connectivity index (χ0n) is 9.03. The van der Waals surface area contributed by atoms with Gasteiger partial charge in [0, 0.05) is 25.2 Å². The van der Waals surface area contributed by atoms with Crippen LogP contribution in [-0.4, -0.2) is 35.4 Å². The molecule has 2 aliphatic rings. The summed E-state index contributed by atoms with van der Waals surface area (Å²) in [6.07, 6.45) is 2.62. The normalized spacial score (nSPS) is 23.1. The first kappa shape index (κ1) is 9.09. The zero-order chi connectivity index (χ0) is 10.3. The Kier molecular flexibility index (Phi) is 1.92. The molecule has 1 saturated heterocycles. The van der Waals surface area contributed by atoms with Gasteiger partial charge in [-0.1, -0.05) is 0 Å². The number of nitrogens with one attached hydrogen (secondary N) is 1. The van der Waals surface area contributed by atoms with Crippen molar-refractivity contribution in [3.8, 4) is 0 Å². The van der Waals surface area contributed by atoms with Gasteiger partial charge in [0.25, 0.3) is 0 Å². The molecule has 1 aromatic heterocycles. The van der Waals surface area contributed by atoms with Gasteiger partial charge in [0.05, 0.1) is 5.69 Å². The van der Waals surface area contributed by atoms with E-state index >= 15 is 0 Å². The third-order valence-electron chi connectivity index (χ3n) is 3.34. The molecule has 4 heteroatoms. The van der Waals surface area contributed by atoms with Crippen LogP contribution in [0.25, 0.3) is 0 Å². The van der Waals surface area contributed by atoms with Gasteiger partial charge < -0.3 is 10.2 Å². The molecule has 15 heavy (non-hydrogen) atoms. The molecule has 1 aliphatic heterocycles. The molecule has 3 rings (SSSR count). The van der Waals surface area contributed by atoms with E-state index in [-0.39, 0.29) is 0 Å². The molecule has 1 spiro atoms. The van der Waals surface area contributed by atoms with E-state index in [1.165, 1.54) is 12.8 Å². The van der Waals surface area contributed by atoms with E-state index in [9.17, 15) is 0 Å². The zero-order valence-corrected chi connectivity index (χ0v) is 9.03. The number of hydrogen-bond acceptors (Lipinski definition) is 4. The van der Waals surface area contributed by atoms with E-state index in [4.69, 9.17) is 0 Å². The van der Waals surface area contributed by atoms with Gasteiger partial charge in [-0.3, -0.25) is 0 Å². The molecule has 0 bridgehead atoms. The van der Waals surface area contributed by atoms with E-state index < -0.39 is 0 Å². The van der Waals surface area contributed by atoms with Crippen molar-refractivity contribution in [3.63, 3.8) is 0 Å². The number of nitrogens with zero attached hydrogens (tertiary/aromatic N) is 3. The Bertz CT molecular complexity index is 355. The molecular weight excluding hydrogens is 188 g/mol. The number of aryl methyl sites for hydroxylation is 1. The molecule has 4 nitrogen and oxygen atoms in total. The van der Waals surface area contributed by atoms with Crippen LogP contribution in [0, 0.1) is 6.92 Å². The van der Waals surface area contributed by atoms with E-state index in [1.54, 1.807) is 0 Å². The van der Waals surface area contributed by atoms with Gasteiger partial charge in [0.15, 0.2) is 5.82 Å².